The lowest BCUT2D eigenvalue weighted by Crippen LogP contribution is -2.20. The first-order chi connectivity index (χ1) is 8.65. The summed E-state index contributed by atoms with van der Waals surface area (Å²) in [5, 5.41) is 10.7. The molecule has 1 aromatic carbocycles. The molecular weight excluding hydrogens is 230 g/mol. The molecule has 2 heterocycles. The third-order valence-electron chi connectivity index (χ3n) is 2.75. The Bertz CT molecular complexity index is 769. The van der Waals surface area contributed by atoms with Crippen molar-refractivity contribution in [3.8, 4) is 5.69 Å². The first kappa shape index (κ1) is 10.5. The number of fused-ring (bicyclic) bond motifs is 1. The molecule has 0 radical (unpaired) electrons. The van der Waals surface area contributed by atoms with Crippen molar-refractivity contribution in [1.29, 1.82) is 0 Å². The summed E-state index contributed by atoms with van der Waals surface area (Å²) in [6.45, 7) is 1.98. The minimum absolute atomic E-state index is 0.227. The van der Waals surface area contributed by atoms with Crippen molar-refractivity contribution < 1.29 is 0 Å². The third kappa shape index (κ3) is 1.55. The molecule has 3 rings (SSSR count). The number of aromatic nitrogens is 4. The lowest BCUT2D eigenvalue weighted by atomic mass is 10.2. The smallest absolute Gasteiger partial charge is 0.273 e. The molecule has 0 amide bonds. The van der Waals surface area contributed by atoms with Crippen molar-refractivity contribution in [3.05, 3.63) is 46.2 Å². The van der Waals surface area contributed by atoms with Gasteiger partial charge in [-0.2, -0.15) is 14.9 Å². The van der Waals surface area contributed by atoms with Crippen molar-refractivity contribution in [2.24, 2.45) is 0 Å². The Kier molecular flexibility index (Phi) is 2.16. The van der Waals surface area contributed by atoms with Crippen molar-refractivity contribution in [2.45, 2.75) is 6.92 Å². The third-order valence-corrected chi connectivity index (χ3v) is 2.75. The summed E-state index contributed by atoms with van der Waals surface area (Å²) < 4.78 is 1.31. The fourth-order valence-corrected chi connectivity index (χ4v) is 1.77. The molecule has 0 atom stereocenters. The summed E-state index contributed by atoms with van der Waals surface area (Å²) in [6.07, 6.45) is 0. The van der Waals surface area contributed by atoms with Gasteiger partial charge in [-0.1, -0.05) is 17.7 Å². The van der Waals surface area contributed by atoms with Crippen molar-refractivity contribution in [2.75, 3.05) is 5.73 Å². The van der Waals surface area contributed by atoms with Crippen LogP contribution in [-0.2, 0) is 0 Å². The average Bonchev–Trinajstić information content (AvgIpc) is 2.71. The van der Waals surface area contributed by atoms with Gasteiger partial charge in [0.25, 0.3) is 5.56 Å². The number of nitrogens with one attached hydrogen (secondary N) is 1. The topological polar surface area (TPSA) is 89.6 Å². The number of benzene rings is 1. The molecule has 2 aromatic heterocycles. The quantitative estimate of drug-likeness (QED) is 0.665. The van der Waals surface area contributed by atoms with E-state index in [9.17, 15) is 4.79 Å². The van der Waals surface area contributed by atoms with Gasteiger partial charge in [0.15, 0.2) is 11.3 Å². The second-order valence-corrected chi connectivity index (χ2v) is 4.10. The minimum atomic E-state index is -0.227. The summed E-state index contributed by atoms with van der Waals surface area (Å²) in [6, 6.07) is 8.96. The zero-order chi connectivity index (χ0) is 12.7. The molecule has 0 unspecified atom stereocenters. The maximum absolute atomic E-state index is 11.9. The standard InChI is InChI=1S/C12H11N5O/c1-7-2-4-8(5-3-7)17-10(18)6-9-11(16-17)12(13)15-14-9/h2-6,14H,1H3,(H2,13,15). The van der Waals surface area contributed by atoms with Crippen LogP contribution >= 0.6 is 0 Å². The Hall–Kier alpha value is -2.63. The molecule has 6 nitrogen and oxygen atoms in total. The fourth-order valence-electron chi connectivity index (χ4n) is 1.77. The Morgan fingerprint density at radius 2 is 2.00 bits per heavy atom. The van der Waals surface area contributed by atoms with Gasteiger partial charge in [-0.3, -0.25) is 9.89 Å². The van der Waals surface area contributed by atoms with Gasteiger partial charge in [-0.05, 0) is 19.1 Å². The first-order valence-electron chi connectivity index (χ1n) is 5.46. The van der Waals surface area contributed by atoms with E-state index in [0.29, 0.717) is 16.7 Å². The Balaban J connectivity index is 2.28. The number of anilines is 1. The minimum Gasteiger partial charge on any atom is -0.380 e. The van der Waals surface area contributed by atoms with E-state index in [2.05, 4.69) is 15.3 Å². The van der Waals surface area contributed by atoms with Gasteiger partial charge >= 0.3 is 0 Å². The highest BCUT2D eigenvalue weighted by Gasteiger charge is 2.08. The number of nitrogens with zero attached hydrogens (tertiary/aromatic N) is 3. The second kappa shape index (κ2) is 3.69. The predicted molar refractivity (Wildman–Crippen MR) is 68.6 cm³/mol. The number of nitrogens with two attached hydrogens (primary N) is 1. The van der Waals surface area contributed by atoms with Gasteiger partial charge in [0.1, 0.15) is 0 Å². The predicted octanol–water partition coefficient (Wildman–Crippen LogP) is 0.999. The molecule has 0 spiro atoms. The molecule has 6 heteroatoms. The van der Waals surface area contributed by atoms with Crippen LogP contribution in [0.25, 0.3) is 16.7 Å². The SMILES string of the molecule is Cc1ccc(-n2nc3c(N)n[nH]c3cc2=O)cc1. The molecule has 0 aliphatic rings. The second-order valence-electron chi connectivity index (χ2n) is 4.10. The monoisotopic (exact) mass is 241 g/mol. The maximum atomic E-state index is 11.9. The lowest BCUT2D eigenvalue weighted by molar-refractivity contribution is 0.832. The van der Waals surface area contributed by atoms with Crippen LogP contribution in [0.5, 0.6) is 0 Å². The Labute approximate surface area is 102 Å². The van der Waals surface area contributed by atoms with E-state index in [-0.39, 0.29) is 11.4 Å². The van der Waals surface area contributed by atoms with E-state index in [1.54, 1.807) is 0 Å². The Morgan fingerprint density at radius 3 is 2.72 bits per heavy atom. The van der Waals surface area contributed by atoms with Gasteiger partial charge < -0.3 is 5.73 Å². The molecule has 3 aromatic rings. The van der Waals surface area contributed by atoms with Crippen LogP contribution < -0.4 is 11.3 Å². The number of aryl methyl sites for hydroxylation is 1. The molecule has 3 N–H and O–H groups in total. The van der Waals surface area contributed by atoms with E-state index in [1.807, 2.05) is 31.2 Å². The summed E-state index contributed by atoms with van der Waals surface area (Å²) >= 11 is 0. The summed E-state index contributed by atoms with van der Waals surface area (Å²) in [7, 11) is 0. The van der Waals surface area contributed by atoms with E-state index in [4.69, 9.17) is 5.73 Å². The van der Waals surface area contributed by atoms with E-state index in [1.165, 1.54) is 10.7 Å². The van der Waals surface area contributed by atoms with Crippen LogP contribution in [0.1, 0.15) is 5.56 Å². The van der Waals surface area contributed by atoms with Crippen LogP contribution in [0.3, 0.4) is 0 Å². The van der Waals surface area contributed by atoms with Gasteiger partial charge in [-0.15, -0.1) is 0 Å². The number of aromatic amines is 1. The highest BCUT2D eigenvalue weighted by Crippen LogP contribution is 2.13. The normalized spacial score (nSPS) is 10.9. The van der Waals surface area contributed by atoms with Crippen LogP contribution in [0.4, 0.5) is 5.82 Å². The molecule has 90 valence electrons. The van der Waals surface area contributed by atoms with Crippen LogP contribution in [0.15, 0.2) is 35.1 Å². The van der Waals surface area contributed by atoms with Crippen LogP contribution in [0, 0.1) is 6.92 Å². The number of nitrogen functional groups attached to an aromatic ring is 1. The highest BCUT2D eigenvalue weighted by atomic mass is 16.1. The molecule has 0 bridgehead atoms. The molecule has 0 fully saturated rings. The van der Waals surface area contributed by atoms with Crippen molar-refractivity contribution in [1.82, 2.24) is 20.0 Å². The van der Waals surface area contributed by atoms with E-state index >= 15 is 0 Å². The number of rotatable bonds is 1. The zero-order valence-corrected chi connectivity index (χ0v) is 9.71. The average molecular weight is 241 g/mol. The van der Waals surface area contributed by atoms with Gasteiger partial charge in [0.2, 0.25) is 0 Å². The number of hydrogen-bond donors (Lipinski definition) is 2. The summed E-state index contributed by atoms with van der Waals surface area (Å²) in [5.74, 6) is 0.283. The van der Waals surface area contributed by atoms with Gasteiger partial charge in [0.05, 0.1) is 11.2 Å². The molecule has 18 heavy (non-hydrogen) atoms. The largest absolute Gasteiger partial charge is 0.380 e. The molecule has 0 aliphatic heterocycles. The number of H-pyrrole nitrogens is 1. The highest BCUT2D eigenvalue weighted by molar-refractivity contribution is 5.83. The van der Waals surface area contributed by atoms with Crippen LogP contribution in [0.2, 0.25) is 0 Å². The fraction of sp³-hybridized carbons (Fsp3) is 0.0833. The molecule has 0 saturated carbocycles. The molecule has 0 aliphatic carbocycles. The first-order valence-corrected chi connectivity index (χ1v) is 5.46. The lowest BCUT2D eigenvalue weighted by Gasteiger charge is -2.04. The van der Waals surface area contributed by atoms with Gasteiger partial charge in [-0.25, -0.2) is 0 Å². The maximum Gasteiger partial charge on any atom is 0.273 e. The van der Waals surface area contributed by atoms with Crippen molar-refractivity contribution in [3.63, 3.8) is 0 Å². The molecule has 0 saturated heterocycles. The zero-order valence-electron chi connectivity index (χ0n) is 9.71. The van der Waals surface area contributed by atoms with E-state index in [0.717, 1.165) is 5.56 Å². The van der Waals surface area contributed by atoms with Gasteiger partial charge in [0, 0.05) is 6.07 Å². The van der Waals surface area contributed by atoms with E-state index < -0.39 is 0 Å². The van der Waals surface area contributed by atoms with Crippen LogP contribution in [-0.4, -0.2) is 20.0 Å². The number of hydrogen-bond acceptors (Lipinski definition) is 4. The van der Waals surface area contributed by atoms with Crippen molar-refractivity contribution >= 4 is 16.9 Å². The summed E-state index contributed by atoms with van der Waals surface area (Å²) in [5.41, 5.74) is 8.31. The molecular formula is C12H11N5O. The Morgan fingerprint density at radius 1 is 1.28 bits per heavy atom. The summed E-state index contributed by atoms with van der Waals surface area (Å²) in [4.78, 5) is 11.9.